The van der Waals surface area contributed by atoms with Gasteiger partial charge >= 0.3 is 5.97 Å². The SMILES string of the molecule is COC(=O)C1CCCCN1S(=O)(=O)c1ccc(C(F)F)cc1Cl. The number of ether oxygens (including phenoxy) is 1. The molecular weight excluding hydrogens is 352 g/mol. The van der Waals surface area contributed by atoms with Crippen molar-refractivity contribution in [1.82, 2.24) is 4.31 Å². The van der Waals surface area contributed by atoms with Crippen molar-refractivity contribution in [1.29, 1.82) is 0 Å². The monoisotopic (exact) mass is 367 g/mol. The lowest BCUT2D eigenvalue weighted by molar-refractivity contribution is -0.146. The van der Waals surface area contributed by atoms with Gasteiger partial charge in [0.2, 0.25) is 10.0 Å². The molecule has 1 saturated heterocycles. The Morgan fingerprint density at radius 3 is 2.65 bits per heavy atom. The van der Waals surface area contributed by atoms with Crippen molar-refractivity contribution >= 4 is 27.6 Å². The lowest BCUT2D eigenvalue weighted by Gasteiger charge is -2.32. The van der Waals surface area contributed by atoms with Crippen molar-refractivity contribution in [2.24, 2.45) is 0 Å². The number of benzene rings is 1. The molecule has 1 atom stereocenters. The van der Waals surface area contributed by atoms with Crippen LogP contribution in [0.25, 0.3) is 0 Å². The Labute approximate surface area is 138 Å². The number of sulfonamides is 1. The van der Waals surface area contributed by atoms with Gasteiger partial charge in [-0.1, -0.05) is 17.7 Å². The van der Waals surface area contributed by atoms with Crippen molar-refractivity contribution in [2.75, 3.05) is 13.7 Å². The third-order valence-electron chi connectivity index (χ3n) is 3.72. The van der Waals surface area contributed by atoms with Crippen LogP contribution in [0.5, 0.6) is 0 Å². The molecule has 1 heterocycles. The van der Waals surface area contributed by atoms with Crippen LogP contribution in [0.3, 0.4) is 0 Å². The maximum Gasteiger partial charge on any atom is 0.324 e. The van der Waals surface area contributed by atoms with Crippen LogP contribution in [-0.4, -0.2) is 38.4 Å². The second-order valence-electron chi connectivity index (χ2n) is 5.14. The molecule has 0 aliphatic carbocycles. The molecule has 0 N–H and O–H groups in total. The van der Waals surface area contributed by atoms with Gasteiger partial charge in [-0.3, -0.25) is 4.79 Å². The van der Waals surface area contributed by atoms with Gasteiger partial charge < -0.3 is 4.74 Å². The molecule has 5 nitrogen and oxygen atoms in total. The zero-order valence-corrected chi connectivity index (χ0v) is 13.9. The molecule has 0 spiro atoms. The number of carbonyl (C=O) groups excluding carboxylic acids is 1. The Morgan fingerprint density at radius 2 is 2.09 bits per heavy atom. The van der Waals surface area contributed by atoms with Gasteiger partial charge in [0.05, 0.1) is 12.1 Å². The molecule has 128 valence electrons. The number of nitrogens with zero attached hydrogens (tertiary/aromatic N) is 1. The van der Waals surface area contributed by atoms with E-state index in [1.807, 2.05) is 0 Å². The minimum absolute atomic E-state index is 0.148. The molecule has 0 radical (unpaired) electrons. The lowest BCUT2D eigenvalue weighted by Crippen LogP contribution is -2.48. The summed E-state index contributed by atoms with van der Waals surface area (Å²) in [5.41, 5.74) is -0.364. The largest absolute Gasteiger partial charge is 0.468 e. The number of hydrogen-bond acceptors (Lipinski definition) is 4. The molecule has 9 heteroatoms. The Morgan fingerprint density at radius 1 is 1.39 bits per heavy atom. The first-order valence-electron chi connectivity index (χ1n) is 6.96. The lowest BCUT2D eigenvalue weighted by atomic mass is 10.1. The first-order chi connectivity index (χ1) is 10.8. The molecule has 23 heavy (non-hydrogen) atoms. The predicted octanol–water partition coefficient (Wildman–Crippen LogP) is 2.99. The van der Waals surface area contributed by atoms with Crippen molar-refractivity contribution in [2.45, 2.75) is 36.6 Å². The van der Waals surface area contributed by atoms with Gasteiger partial charge in [0.1, 0.15) is 10.9 Å². The smallest absolute Gasteiger partial charge is 0.324 e. The number of methoxy groups -OCH3 is 1. The summed E-state index contributed by atoms with van der Waals surface area (Å²) in [6, 6.07) is 2.06. The van der Waals surface area contributed by atoms with Gasteiger partial charge in [0.15, 0.2) is 0 Å². The van der Waals surface area contributed by atoms with Gasteiger partial charge in [-0.05, 0) is 31.4 Å². The molecular formula is C14H16ClF2NO4S. The van der Waals surface area contributed by atoms with Crippen molar-refractivity contribution in [3.8, 4) is 0 Å². The van der Waals surface area contributed by atoms with Gasteiger partial charge in [-0.2, -0.15) is 4.31 Å². The Bertz CT molecular complexity index is 696. The highest BCUT2D eigenvalue weighted by molar-refractivity contribution is 7.89. The maximum atomic E-state index is 12.8. The third kappa shape index (κ3) is 3.64. The van der Waals surface area contributed by atoms with Crippen molar-refractivity contribution in [3.63, 3.8) is 0 Å². The molecule has 2 rings (SSSR count). The van der Waals surface area contributed by atoms with E-state index in [1.165, 1.54) is 7.11 Å². The zero-order valence-electron chi connectivity index (χ0n) is 12.3. The van der Waals surface area contributed by atoms with E-state index in [2.05, 4.69) is 4.74 Å². The first kappa shape index (κ1) is 18.1. The van der Waals surface area contributed by atoms with Crippen LogP contribution >= 0.6 is 11.6 Å². The summed E-state index contributed by atoms with van der Waals surface area (Å²) in [6.45, 7) is 0.148. The molecule has 1 unspecified atom stereocenters. The average Bonchev–Trinajstić information content (AvgIpc) is 2.53. The van der Waals surface area contributed by atoms with E-state index in [0.717, 1.165) is 22.5 Å². The van der Waals surface area contributed by atoms with E-state index in [0.29, 0.717) is 19.3 Å². The quantitative estimate of drug-likeness (QED) is 0.767. The summed E-state index contributed by atoms with van der Waals surface area (Å²) >= 11 is 5.88. The summed E-state index contributed by atoms with van der Waals surface area (Å²) in [7, 11) is -2.90. The number of esters is 1. The summed E-state index contributed by atoms with van der Waals surface area (Å²) < 4.78 is 56.5. The number of alkyl halides is 2. The predicted molar refractivity (Wildman–Crippen MR) is 80.0 cm³/mol. The first-order valence-corrected chi connectivity index (χ1v) is 8.78. The van der Waals surface area contributed by atoms with Crippen LogP contribution in [-0.2, 0) is 19.6 Å². The number of halogens is 3. The van der Waals surface area contributed by atoms with Crippen LogP contribution < -0.4 is 0 Å². The van der Waals surface area contributed by atoms with Crippen LogP contribution in [0.4, 0.5) is 8.78 Å². The van der Waals surface area contributed by atoms with Crippen LogP contribution in [0, 0.1) is 0 Å². The maximum absolute atomic E-state index is 12.8. The molecule has 0 bridgehead atoms. The van der Waals surface area contributed by atoms with Gasteiger partial charge in [0, 0.05) is 12.1 Å². The summed E-state index contributed by atoms with van der Waals surface area (Å²) in [5, 5.41) is -0.294. The fourth-order valence-corrected chi connectivity index (χ4v) is 4.73. The molecule has 1 aromatic rings. The fraction of sp³-hybridized carbons (Fsp3) is 0.500. The van der Waals surface area contributed by atoms with Crippen LogP contribution in [0.15, 0.2) is 23.1 Å². The van der Waals surface area contributed by atoms with Crippen molar-refractivity contribution in [3.05, 3.63) is 28.8 Å². The number of rotatable bonds is 4. The van der Waals surface area contributed by atoms with Crippen LogP contribution in [0.1, 0.15) is 31.3 Å². The Balaban J connectivity index is 2.42. The van der Waals surface area contributed by atoms with E-state index in [4.69, 9.17) is 11.6 Å². The van der Waals surface area contributed by atoms with E-state index in [9.17, 15) is 22.0 Å². The number of piperidine rings is 1. The minimum atomic E-state index is -4.08. The molecule has 1 fully saturated rings. The van der Waals surface area contributed by atoms with Gasteiger partial charge in [-0.15, -0.1) is 0 Å². The second kappa shape index (κ2) is 7.11. The highest BCUT2D eigenvalue weighted by Crippen LogP contribution is 2.32. The molecule has 0 aromatic heterocycles. The summed E-state index contributed by atoms with van der Waals surface area (Å²) in [4.78, 5) is 11.5. The minimum Gasteiger partial charge on any atom is -0.468 e. The van der Waals surface area contributed by atoms with E-state index in [1.54, 1.807) is 0 Å². The van der Waals surface area contributed by atoms with Gasteiger partial charge in [0.25, 0.3) is 6.43 Å². The normalized spacial score (nSPS) is 19.8. The standard InChI is InChI=1S/C14H16ClF2NO4S/c1-22-14(19)11-4-2-3-7-18(11)23(20,21)12-6-5-9(13(16)17)8-10(12)15/h5-6,8,11,13H,2-4,7H2,1H3. The Kier molecular flexibility index (Phi) is 5.59. The summed E-state index contributed by atoms with van der Waals surface area (Å²) in [5.74, 6) is -0.645. The van der Waals surface area contributed by atoms with E-state index in [-0.39, 0.29) is 22.0 Å². The summed E-state index contributed by atoms with van der Waals surface area (Å²) in [6.07, 6.45) is -1.11. The topological polar surface area (TPSA) is 63.7 Å². The molecule has 0 saturated carbocycles. The molecule has 1 aliphatic heterocycles. The number of hydrogen-bond donors (Lipinski definition) is 0. The zero-order chi connectivity index (χ0) is 17.2. The highest BCUT2D eigenvalue weighted by Gasteiger charge is 2.39. The second-order valence-corrected chi connectivity index (χ2v) is 7.41. The van der Waals surface area contributed by atoms with Crippen LogP contribution in [0.2, 0.25) is 5.02 Å². The van der Waals surface area contributed by atoms with Gasteiger partial charge in [-0.25, -0.2) is 17.2 Å². The van der Waals surface area contributed by atoms with Crippen molar-refractivity contribution < 1.29 is 26.7 Å². The Hall–Kier alpha value is -1.25. The fourth-order valence-electron chi connectivity index (χ4n) is 2.55. The molecule has 0 amide bonds. The van der Waals surface area contributed by atoms with E-state index < -0.39 is 28.5 Å². The highest BCUT2D eigenvalue weighted by atomic mass is 35.5. The molecule has 1 aliphatic rings. The third-order valence-corrected chi connectivity index (χ3v) is 6.11. The number of carbonyl (C=O) groups is 1. The average molecular weight is 368 g/mol. The molecule has 1 aromatic carbocycles. The van der Waals surface area contributed by atoms with E-state index >= 15 is 0 Å².